The van der Waals surface area contributed by atoms with E-state index < -0.39 is 11.6 Å². The zero-order valence-electron chi connectivity index (χ0n) is 18.7. The summed E-state index contributed by atoms with van der Waals surface area (Å²) in [4.78, 5) is 11.6. The molecule has 32 heavy (non-hydrogen) atoms. The molecule has 168 valence electrons. The van der Waals surface area contributed by atoms with E-state index in [1.54, 1.807) is 6.20 Å². The normalized spacial score (nSPS) is 19.2. The van der Waals surface area contributed by atoms with Gasteiger partial charge in [0.25, 0.3) is 0 Å². The highest BCUT2D eigenvalue weighted by Crippen LogP contribution is 2.21. The van der Waals surface area contributed by atoms with E-state index in [1.165, 1.54) is 17.7 Å². The Labute approximate surface area is 188 Å². The minimum absolute atomic E-state index is 0.502. The maximum absolute atomic E-state index is 13.4. The van der Waals surface area contributed by atoms with Crippen molar-refractivity contribution in [1.29, 1.82) is 0 Å². The fourth-order valence-electron chi connectivity index (χ4n) is 4.27. The van der Waals surface area contributed by atoms with Gasteiger partial charge in [0.2, 0.25) is 0 Å². The Bertz CT molecular complexity index is 1040. The van der Waals surface area contributed by atoms with Gasteiger partial charge in [-0.2, -0.15) is 0 Å². The van der Waals surface area contributed by atoms with Gasteiger partial charge in [-0.05, 0) is 62.1 Å². The third kappa shape index (κ3) is 5.96. The van der Waals surface area contributed by atoms with Crippen molar-refractivity contribution in [2.75, 3.05) is 13.1 Å². The Morgan fingerprint density at radius 1 is 1.00 bits per heavy atom. The van der Waals surface area contributed by atoms with E-state index in [0.29, 0.717) is 30.5 Å². The van der Waals surface area contributed by atoms with Crippen molar-refractivity contribution in [3.63, 3.8) is 0 Å². The second kappa shape index (κ2) is 10.3. The molecule has 1 aliphatic rings. The van der Waals surface area contributed by atoms with Crippen LogP contribution in [0.2, 0.25) is 0 Å². The number of nitrogens with one attached hydrogen (secondary N) is 1. The number of aromatic nitrogens is 2. The van der Waals surface area contributed by atoms with E-state index >= 15 is 0 Å². The van der Waals surface area contributed by atoms with Gasteiger partial charge in [-0.25, -0.2) is 18.7 Å². The van der Waals surface area contributed by atoms with Gasteiger partial charge >= 0.3 is 0 Å². The summed E-state index contributed by atoms with van der Waals surface area (Å²) in [7, 11) is 0. The third-order valence-electron chi connectivity index (χ3n) is 6.00. The van der Waals surface area contributed by atoms with Crippen LogP contribution in [0.1, 0.15) is 37.2 Å². The summed E-state index contributed by atoms with van der Waals surface area (Å²) in [5.74, 6) is -0.333. The van der Waals surface area contributed by atoms with Crippen LogP contribution in [0.5, 0.6) is 0 Å². The van der Waals surface area contributed by atoms with Gasteiger partial charge in [0.15, 0.2) is 0 Å². The van der Waals surface area contributed by atoms with Gasteiger partial charge in [-0.15, -0.1) is 0 Å². The SMILES string of the molecule is C[C@H]1CN(Cc2cccc(-c3ccnc(CCCc4cc(F)cc(F)c4)n3)c2)[C@@H](C)CN1. The zero-order valence-corrected chi connectivity index (χ0v) is 18.7. The first kappa shape index (κ1) is 22.5. The number of hydrogen-bond acceptors (Lipinski definition) is 4. The summed E-state index contributed by atoms with van der Waals surface area (Å²) in [6.07, 6.45) is 3.75. The summed E-state index contributed by atoms with van der Waals surface area (Å²) in [5, 5.41) is 3.53. The van der Waals surface area contributed by atoms with Crippen molar-refractivity contribution >= 4 is 0 Å². The molecule has 6 heteroatoms. The minimum atomic E-state index is -0.539. The maximum Gasteiger partial charge on any atom is 0.128 e. The van der Waals surface area contributed by atoms with Crippen molar-refractivity contribution in [2.24, 2.45) is 0 Å². The molecule has 1 aromatic heterocycles. The topological polar surface area (TPSA) is 41.1 Å². The van der Waals surface area contributed by atoms with Gasteiger partial charge in [0.05, 0.1) is 5.69 Å². The maximum atomic E-state index is 13.4. The monoisotopic (exact) mass is 436 g/mol. The summed E-state index contributed by atoms with van der Waals surface area (Å²) in [6, 6.07) is 15.1. The molecule has 1 N–H and O–H groups in total. The number of piperazine rings is 1. The van der Waals surface area contributed by atoms with Crippen LogP contribution in [0.25, 0.3) is 11.3 Å². The highest BCUT2D eigenvalue weighted by molar-refractivity contribution is 5.59. The first-order valence-electron chi connectivity index (χ1n) is 11.3. The molecule has 1 aliphatic heterocycles. The molecule has 2 aromatic carbocycles. The van der Waals surface area contributed by atoms with Crippen LogP contribution >= 0.6 is 0 Å². The average Bonchev–Trinajstić information content (AvgIpc) is 2.76. The van der Waals surface area contributed by atoms with E-state index in [4.69, 9.17) is 4.98 Å². The molecule has 3 aromatic rings. The number of benzene rings is 2. The summed E-state index contributed by atoms with van der Waals surface area (Å²) in [6.45, 7) is 7.46. The van der Waals surface area contributed by atoms with Gasteiger partial charge in [-0.1, -0.05) is 18.2 Å². The number of halogens is 2. The molecule has 0 amide bonds. The quantitative estimate of drug-likeness (QED) is 0.579. The lowest BCUT2D eigenvalue weighted by Crippen LogP contribution is -2.53. The highest BCUT2D eigenvalue weighted by Gasteiger charge is 2.22. The molecular weight excluding hydrogens is 406 g/mol. The van der Waals surface area contributed by atoms with Crippen molar-refractivity contribution in [2.45, 2.75) is 51.7 Å². The lowest BCUT2D eigenvalue weighted by Gasteiger charge is -2.37. The fraction of sp³-hybridized carbons (Fsp3) is 0.385. The van der Waals surface area contributed by atoms with E-state index in [9.17, 15) is 8.78 Å². The van der Waals surface area contributed by atoms with Gasteiger partial charge < -0.3 is 5.32 Å². The molecule has 4 rings (SSSR count). The van der Waals surface area contributed by atoms with Gasteiger partial charge in [0, 0.05) is 56.0 Å². The Morgan fingerprint density at radius 3 is 2.62 bits per heavy atom. The predicted octanol–water partition coefficient (Wildman–Crippen LogP) is 4.78. The van der Waals surface area contributed by atoms with Crippen LogP contribution in [-0.4, -0.2) is 40.0 Å². The van der Waals surface area contributed by atoms with Crippen LogP contribution in [0.4, 0.5) is 8.78 Å². The summed E-state index contributed by atoms with van der Waals surface area (Å²) < 4.78 is 26.7. The first-order chi connectivity index (χ1) is 15.5. The number of hydrogen-bond donors (Lipinski definition) is 1. The van der Waals surface area contributed by atoms with Crippen LogP contribution in [0, 0.1) is 11.6 Å². The van der Waals surface area contributed by atoms with Gasteiger partial charge in [-0.3, -0.25) is 4.90 Å². The van der Waals surface area contributed by atoms with Crippen molar-refractivity contribution in [1.82, 2.24) is 20.2 Å². The molecule has 0 unspecified atom stereocenters. The van der Waals surface area contributed by atoms with Crippen molar-refractivity contribution in [3.05, 3.63) is 83.3 Å². The number of rotatable bonds is 7. The lowest BCUT2D eigenvalue weighted by molar-refractivity contribution is 0.139. The average molecular weight is 437 g/mol. The third-order valence-corrected chi connectivity index (χ3v) is 6.00. The largest absolute Gasteiger partial charge is 0.311 e. The van der Waals surface area contributed by atoms with Crippen molar-refractivity contribution < 1.29 is 8.78 Å². The first-order valence-corrected chi connectivity index (χ1v) is 11.3. The zero-order chi connectivity index (χ0) is 22.5. The van der Waals surface area contributed by atoms with E-state index in [0.717, 1.165) is 49.2 Å². The molecule has 0 bridgehead atoms. The molecule has 0 aliphatic carbocycles. The van der Waals surface area contributed by atoms with E-state index in [2.05, 4.69) is 53.3 Å². The number of nitrogens with zero attached hydrogens (tertiary/aromatic N) is 3. The Hall–Kier alpha value is -2.70. The number of aryl methyl sites for hydroxylation is 2. The minimum Gasteiger partial charge on any atom is -0.311 e. The van der Waals surface area contributed by atoms with E-state index in [-0.39, 0.29) is 0 Å². The van der Waals surface area contributed by atoms with Gasteiger partial charge in [0.1, 0.15) is 17.5 Å². The molecule has 2 heterocycles. The standard InChI is InChI=1S/C26H30F2N4/c1-18-16-32(19(2)15-30-18)17-21-6-3-7-22(11-21)25-9-10-29-26(31-25)8-4-5-20-12-23(27)14-24(28)13-20/h3,6-7,9-14,18-19,30H,4-5,8,15-17H2,1-2H3/t18-,19-/m0/s1. The van der Waals surface area contributed by atoms with Crippen LogP contribution in [-0.2, 0) is 19.4 Å². The molecule has 0 spiro atoms. The lowest BCUT2D eigenvalue weighted by atomic mass is 10.0. The van der Waals surface area contributed by atoms with E-state index in [1.807, 2.05) is 6.07 Å². The Kier molecular flexibility index (Phi) is 7.22. The predicted molar refractivity (Wildman–Crippen MR) is 123 cm³/mol. The summed E-state index contributed by atoms with van der Waals surface area (Å²) >= 11 is 0. The highest BCUT2D eigenvalue weighted by atomic mass is 19.1. The second-order valence-electron chi connectivity index (χ2n) is 8.78. The van der Waals surface area contributed by atoms with Crippen LogP contribution < -0.4 is 5.32 Å². The molecule has 2 atom stereocenters. The molecule has 0 saturated carbocycles. The summed E-state index contributed by atoms with van der Waals surface area (Å²) in [5.41, 5.74) is 3.91. The fourth-order valence-corrected chi connectivity index (χ4v) is 4.27. The second-order valence-corrected chi connectivity index (χ2v) is 8.78. The van der Waals surface area contributed by atoms with Crippen LogP contribution in [0.3, 0.4) is 0 Å². The molecular formula is C26H30F2N4. The molecule has 1 fully saturated rings. The Balaban J connectivity index is 1.41. The van der Waals surface area contributed by atoms with Crippen LogP contribution in [0.15, 0.2) is 54.7 Å². The Morgan fingerprint density at radius 2 is 1.81 bits per heavy atom. The van der Waals surface area contributed by atoms with Crippen molar-refractivity contribution in [3.8, 4) is 11.3 Å². The molecule has 1 saturated heterocycles. The molecule has 4 nitrogen and oxygen atoms in total. The molecule has 0 radical (unpaired) electrons. The smallest absolute Gasteiger partial charge is 0.128 e.